The van der Waals surface area contributed by atoms with Crippen molar-refractivity contribution < 1.29 is 19.0 Å². The fraction of sp³-hybridized carbons (Fsp3) is 0.263. The van der Waals surface area contributed by atoms with Crippen LogP contribution in [0, 0.1) is 0 Å². The lowest BCUT2D eigenvalue weighted by atomic mass is 9.85. The van der Waals surface area contributed by atoms with Gasteiger partial charge in [-0.15, -0.1) is 0 Å². The number of rotatable bonds is 4. The molecular formula is C19H20N2O5. The molecule has 7 heteroatoms. The van der Waals surface area contributed by atoms with Crippen LogP contribution < -0.4 is 15.6 Å². The molecule has 1 aromatic carbocycles. The number of aromatic amines is 1. The molecule has 0 aliphatic carbocycles. The number of benzene rings is 1. The van der Waals surface area contributed by atoms with Gasteiger partial charge in [0, 0.05) is 17.4 Å². The third kappa shape index (κ3) is 3.15. The van der Waals surface area contributed by atoms with Gasteiger partial charge in [0.15, 0.2) is 0 Å². The minimum Gasteiger partial charge on any atom is -0.496 e. The van der Waals surface area contributed by atoms with Gasteiger partial charge >= 0.3 is 6.16 Å². The molecule has 0 saturated carbocycles. The highest BCUT2D eigenvalue weighted by Gasteiger charge is 2.35. The van der Waals surface area contributed by atoms with Crippen molar-refractivity contribution in [3.8, 4) is 5.75 Å². The van der Waals surface area contributed by atoms with Crippen molar-refractivity contribution in [1.82, 2.24) is 4.98 Å². The first-order valence-electron chi connectivity index (χ1n) is 8.23. The first kappa shape index (κ1) is 17.6. The number of H-pyrrole nitrogens is 1. The van der Waals surface area contributed by atoms with Crippen LogP contribution in [0.2, 0.25) is 0 Å². The Morgan fingerprint density at radius 3 is 2.73 bits per heavy atom. The number of allylic oxidation sites excluding steroid dienone is 2. The largest absolute Gasteiger partial charge is 0.513 e. The van der Waals surface area contributed by atoms with E-state index in [9.17, 15) is 9.59 Å². The Hall–Kier alpha value is -3.22. The fourth-order valence-electron chi connectivity index (χ4n) is 3.07. The second-order valence-electron chi connectivity index (χ2n) is 5.71. The Labute approximate surface area is 150 Å². The third-order valence-electron chi connectivity index (χ3n) is 4.15. The quantitative estimate of drug-likeness (QED) is 0.817. The van der Waals surface area contributed by atoms with Crippen LogP contribution in [0.4, 0.5) is 10.5 Å². The number of fused-ring (bicyclic) bond motifs is 1. The molecule has 0 fully saturated rings. The first-order chi connectivity index (χ1) is 12.6. The van der Waals surface area contributed by atoms with Gasteiger partial charge in [-0.1, -0.05) is 18.2 Å². The molecule has 2 N–H and O–H groups in total. The zero-order valence-corrected chi connectivity index (χ0v) is 14.8. The number of anilines is 1. The van der Waals surface area contributed by atoms with Crippen LogP contribution in [0.1, 0.15) is 30.9 Å². The van der Waals surface area contributed by atoms with E-state index in [0.717, 1.165) is 0 Å². The Bertz CT molecular complexity index is 916. The van der Waals surface area contributed by atoms with Crippen molar-refractivity contribution in [2.24, 2.45) is 0 Å². The van der Waals surface area contributed by atoms with Gasteiger partial charge in [0.2, 0.25) is 0 Å². The Morgan fingerprint density at radius 2 is 2.00 bits per heavy atom. The van der Waals surface area contributed by atoms with Gasteiger partial charge in [-0.3, -0.25) is 4.79 Å². The molecule has 0 radical (unpaired) electrons. The van der Waals surface area contributed by atoms with Crippen LogP contribution in [-0.2, 0) is 9.47 Å². The summed E-state index contributed by atoms with van der Waals surface area (Å²) in [6, 6.07) is 9.08. The molecule has 0 saturated heterocycles. The number of para-hydroxylation sites is 1. The predicted octanol–water partition coefficient (Wildman–Crippen LogP) is 3.35. The number of hydrogen-bond donors (Lipinski definition) is 2. The van der Waals surface area contributed by atoms with Crippen molar-refractivity contribution in [3.63, 3.8) is 0 Å². The molecule has 1 unspecified atom stereocenters. The zero-order valence-electron chi connectivity index (χ0n) is 14.8. The van der Waals surface area contributed by atoms with E-state index in [0.29, 0.717) is 34.0 Å². The molecule has 3 rings (SSSR count). The van der Waals surface area contributed by atoms with Crippen molar-refractivity contribution in [2.75, 3.05) is 19.0 Å². The summed E-state index contributed by atoms with van der Waals surface area (Å²) in [4.78, 5) is 27.2. The Morgan fingerprint density at radius 1 is 1.23 bits per heavy atom. The Kier molecular flexibility index (Phi) is 4.97. The zero-order chi connectivity index (χ0) is 18.7. The number of carbonyl (C=O) groups is 1. The minimum atomic E-state index is -0.820. The van der Waals surface area contributed by atoms with Gasteiger partial charge < -0.3 is 24.5 Å². The number of hydrogen-bond acceptors (Lipinski definition) is 6. The third-order valence-corrected chi connectivity index (χ3v) is 4.15. The summed E-state index contributed by atoms with van der Waals surface area (Å²) in [5.74, 6) is 0.278. The van der Waals surface area contributed by atoms with Crippen molar-refractivity contribution in [1.29, 1.82) is 0 Å². The van der Waals surface area contributed by atoms with Crippen LogP contribution in [0.5, 0.6) is 5.75 Å². The van der Waals surface area contributed by atoms with Crippen LogP contribution in [0.15, 0.2) is 52.8 Å². The second kappa shape index (κ2) is 7.35. The van der Waals surface area contributed by atoms with Crippen LogP contribution in [-0.4, -0.2) is 24.9 Å². The van der Waals surface area contributed by atoms with Gasteiger partial charge in [0.25, 0.3) is 5.56 Å². The smallest absolute Gasteiger partial charge is 0.496 e. The molecule has 1 aromatic heterocycles. The van der Waals surface area contributed by atoms with E-state index in [-0.39, 0.29) is 12.2 Å². The van der Waals surface area contributed by atoms with Gasteiger partial charge in [0.1, 0.15) is 11.5 Å². The summed E-state index contributed by atoms with van der Waals surface area (Å²) in [7, 11) is 1.55. The highest BCUT2D eigenvalue weighted by molar-refractivity contribution is 5.68. The number of carbonyl (C=O) groups excluding carboxylic acids is 1. The summed E-state index contributed by atoms with van der Waals surface area (Å²) in [5, 5.41) is 3.12. The molecule has 2 aromatic rings. The molecule has 1 aliphatic heterocycles. The standard InChI is InChI=1S/C19H20N2O5/c1-4-25-19(23)26-17-11(2)21-13-9-10-20-18(22)16(13)15(17)12-7-5-6-8-14(12)24-3/h5-10,15,21H,4H2,1-3H3,(H,20,22). The van der Waals surface area contributed by atoms with Crippen molar-refractivity contribution >= 4 is 11.8 Å². The molecular weight excluding hydrogens is 336 g/mol. The predicted molar refractivity (Wildman–Crippen MR) is 96.3 cm³/mol. The van der Waals surface area contributed by atoms with E-state index >= 15 is 0 Å². The van der Waals surface area contributed by atoms with E-state index in [4.69, 9.17) is 14.2 Å². The van der Waals surface area contributed by atoms with E-state index in [1.165, 1.54) is 0 Å². The van der Waals surface area contributed by atoms with Crippen molar-refractivity contribution in [3.05, 3.63) is 69.5 Å². The maximum absolute atomic E-state index is 12.6. The maximum atomic E-state index is 12.6. The monoisotopic (exact) mass is 356 g/mol. The average Bonchev–Trinajstić information content (AvgIpc) is 2.63. The van der Waals surface area contributed by atoms with Crippen LogP contribution in [0.3, 0.4) is 0 Å². The lowest BCUT2D eigenvalue weighted by Gasteiger charge is -2.29. The number of nitrogens with one attached hydrogen (secondary N) is 2. The van der Waals surface area contributed by atoms with Gasteiger partial charge in [-0.05, 0) is 26.0 Å². The van der Waals surface area contributed by atoms with Gasteiger partial charge in [-0.25, -0.2) is 4.79 Å². The SMILES string of the molecule is CCOC(=O)OC1=C(C)Nc2cc[nH]c(=O)c2C1c1ccccc1OC. The minimum absolute atomic E-state index is 0.190. The van der Waals surface area contributed by atoms with Crippen LogP contribution in [0.25, 0.3) is 0 Å². The molecule has 26 heavy (non-hydrogen) atoms. The summed E-state index contributed by atoms with van der Waals surface area (Å²) >= 11 is 0. The fourth-order valence-corrected chi connectivity index (χ4v) is 3.07. The van der Waals surface area contributed by atoms with Crippen molar-refractivity contribution in [2.45, 2.75) is 19.8 Å². The second-order valence-corrected chi connectivity index (χ2v) is 5.71. The van der Waals surface area contributed by atoms with E-state index in [2.05, 4.69) is 10.3 Å². The summed E-state index contributed by atoms with van der Waals surface area (Å²) in [6.07, 6.45) is 0.747. The molecule has 0 spiro atoms. The molecule has 136 valence electrons. The van der Waals surface area contributed by atoms with E-state index < -0.39 is 12.1 Å². The van der Waals surface area contributed by atoms with E-state index in [1.54, 1.807) is 39.3 Å². The number of methoxy groups -OCH3 is 1. The van der Waals surface area contributed by atoms with Crippen LogP contribution >= 0.6 is 0 Å². The average molecular weight is 356 g/mol. The van der Waals surface area contributed by atoms with E-state index in [1.807, 2.05) is 18.2 Å². The van der Waals surface area contributed by atoms with Gasteiger partial charge in [0.05, 0.1) is 30.9 Å². The Balaban J connectivity index is 2.20. The number of aromatic nitrogens is 1. The number of pyridine rings is 1. The lowest BCUT2D eigenvalue weighted by molar-refractivity contribution is 0.0776. The lowest BCUT2D eigenvalue weighted by Crippen LogP contribution is -2.28. The summed E-state index contributed by atoms with van der Waals surface area (Å²) < 4.78 is 15.8. The molecule has 1 atom stereocenters. The molecule has 0 bridgehead atoms. The summed E-state index contributed by atoms with van der Waals surface area (Å²) in [6.45, 7) is 3.66. The molecule has 1 aliphatic rings. The molecule has 7 nitrogen and oxygen atoms in total. The first-order valence-corrected chi connectivity index (χ1v) is 8.23. The van der Waals surface area contributed by atoms with Gasteiger partial charge in [-0.2, -0.15) is 0 Å². The summed E-state index contributed by atoms with van der Waals surface area (Å²) in [5.41, 5.74) is 2.16. The topological polar surface area (TPSA) is 89.7 Å². The highest BCUT2D eigenvalue weighted by Crippen LogP contribution is 2.43. The molecule has 0 amide bonds. The molecule has 2 heterocycles. The number of ether oxygens (including phenoxy) is 3. The normalized spacial score (nSPS) is 15.7. The highest BCUT2D eigenvalue weighted by atomic mass is 16.7. The maximum Gasteiger partial charge on any atom is 0.513 e.